The summed E-state index contributed by atoms with van der Waals surface area (Å²) in [7, 11) is -2.94. The number of halogens is 2. The Kier molecular flexibility index (Phi) is 6.89. The lowest BCUT2D eigenvalue weighted by Gasteiger charge is -2.24. The van der Waals surface area contributed by atoms with Gasteiger partial charge in [-0.3, -0.25) is 13.7 Å². The number of benzene rings is 3. The summed E-state index contributed by atoms with van der Waals surface area (Å²) in [5.74, 6) is -1.21. The third-order valence-corrected chi connectivity index (χ3v) is 7.63. The average molecular weight is 531 g/mol. The first kappa shape index (κ1) is 24.8. The fourth-order valence-corrected chi connectivity index (χ4v) is 5.61. The molecule has 1 heterocycles. The van der Waals surface area contributed by atoms with E-state index >= 15 is 0 Å². The second-order valence-corrected chi connectivity index (χ2v) is 10.5. The Balaban J connectivity index is 1.83. The molecule has 0 saturated carbocycles. The molecule has 0 aliphatic heterocycles. The minimum Gasteiger partial charge on any atom is -0.465 e. The highest BCUT2D eigenvalue weighted by Crippen LogP contribution is 2.30. The number of anilines is 1. The Bertz CT molecular complexity index is 1530. The van der Waals surface area contributed by atoms with E-state index in [0.29, 0.717) is 10.9 Å². The maximum Gasteiger partial charge on any atom is 0.340 e. The molecule has 0 aliphatic rings. The summed E-state index contributed by atoms with van der Waals surface area (Å²) in [5, 5.41) is 0.929. The number of esters is 1. The molecule has 1 aromatic heterocycles. The summed E-state index contributed by atoms with van der Waals surface area (Å²) in [6, 6.07) is 17.4. The van der Waals surface area contributed by atoms with E-state index in [9.17, 15) is 18.0 Å². The standard InChI is InChI=1S/C25H20Cl2N2O5S/c1-16-7-9-20(10-8-16)35(32,33)29(19-12-17(26)11-18(27)13-19)15-24(30)28-14-22(25(31)34-2)21-5-3-4-6-23(21)28/h3-14H,15H2,1-2H3. The zero-order valence-corrected chi connectivity index (χ0v) is 21.1. The molecule has 10 heteroatoms. The average Bonchev–Trinajstić information content (AvgIpc) is 3.21. The van der Waals surface area contributed by atoms with Gasteiger partial charge in [-0.05, 0) is 43.3 Å². The molecule has 0 spiro atoms. The second kappa shape index (κ2) is 9.73. The fraction of sp³-hybridized carbons (Fsp3) is 0.120. The molecule has 0 aliphatic carbocycles. The molecule has 3 aromatic carbocycles. The number of carbonyl (C=O) groups excluding carboxylic acids is 2. The lowest BCUT2D eigenvalue weighted by atomic mass is 10.2. The van der Waals surface area contributed by atoms with E-state index in [2.05, 4.69) is 0 Å². The lowest BCUT2D eigenvalue weighted by molar-refractivity contribution is 0.0603. The van der Waals surface area contributed by atoms with Crippen LogP contribution in [0.2, 0.25) is 10.0 Å². The van der Waals surface area contributed by atoms with E-state index in [0.717, 1.165) is 9.87 Å². The quantitative estimate of drug-likeness (QED) is 0.304. The summed E-state index contributed by atoms with van der Waals surface area (Å²) in [5.41, 5.74) is 1.64. The Hall–Kier alpha value is -3.33. The molecular formula is C25H20Cl2N2O5S. The van der Waals surface area contributed by atoms with Gasteiger partial charge in [0.05, 0.1) is 28.8 Å². The minimum atomic E-state index is -4.18. The third-order valence-electron chi connectivity index (χ3n) is 5.41. The Labute approximate surface area is 212 Å². The van der Waals surface area contributed by atoms with Gasteiger partial charge in [0, 0.05) is 21.6 Å². The Morgan fingerprint density at radius 2 is 1.60 bits per heavy atom. The molecule has 7 nitrogen and oxygen atoms in total. The van der Waals surface area contributed by atoms with Crippen LogP contribution in [0.1, 0.15) is 20.7 Å². The van der Waals surface area contributed by atoms with Gasteiger partial charge >= 0.3 is 5.97 Å². The van der Waals surface area contributed by atoms with Gasteiger partial charge in [0.15, 0.2) is 0 Å². The van der Waals surface area contributed by atoms with Gasteiger partial charge in [0.25, 0.3) is 15.9 Å². The smallest absolute Gasteiger partial charge is 0.340 e. The zero-order chi connectivity index (χ0) is 25.3. The van der Waals surface area contributed by atoms with Crippen molar-refractivity contribution in [3.05, 3.63) is 94.1 Å². The molecule has 0 bridgehead atoms. The molecule has 0 radical (unpaired) electrons. The maximum absolute atomic E-state index is 13.7. The second-order valence-electron chi connectivity index (χ2n) is 7.77. The van der Waals surface area contributed by atoms with Crippen molar-refractivity contribution in [2.24, 2.45) is 0 Å². The highest BCUT2D eigenvalue weighted by atomic mass is 35.5. The predicted molar refractivity (Wildman–Crippen MR) is 136 cm³/mol. The van der Waals surface area contributed by atoms with Crippen LogP contribution in [0, 0.1) is 6.92 Å². The first-order valence-corrected chi connectivity index (χ1v) is 12.6. The first-order valence-electron chi connectivity index (χ1n) is 10.4. The monoisotopic (exact) mass is 530 g/mol. The number of aryl methyl sites for hydroxylation is 1. The van der Waals surface area contributed by atoms with Crippen LogP contribution < -0.4 is 4.31 Å². The molecule has 0 N–H and O–H groups in total. The number of methoxy groups -OCH3 is 1. The number of hydrogen-bond donors (Lipinski definition) is 0. The largest absolute Gasteiger partial charge is 0.465 e. The van der Waals surface area contributed by atoms with Gasteiger partial charge < -0.3 is 4.74 Å². The van der Waals surface area contributed by atoms with Gasteiger partial charge in [0.2, 0.25) is 0 Å². The number of aromatic nitrogens is 1. The van der Waals surface area contributed by atoms with Crippen molar-refractivity contribution in [1.29, 1.82) is 0 Å². The van der Waals surface area contributed by atoms with Crippen LogP contribution in [0.5, 0.6) is 0 Å². The van der Waals surface area contributed by atoms with Gasteiger partial charge in [-0.2, -0.15) is 0 Å². The molecule has 0 amide bonds. The number of rotatable bonds is 6. The van der Waals surface area contributed by atoms with Crippen molar-refractivity contribution in [1.82, 2.24) is 4.57 Å². The molecule has 0 fully saturated rings. The first-order chi connectivity index (χ1) is 16.6. The molecule has 4 aromatic rings. The number of para-hydroxylation sites is 1. The molecule has 0 unspecified atom stereocenters. The van der Waals surface area contributed by atoms with E-state index < -0.39 is 28.4 Å². The summed E-state index contributed by atoms with van der Waals surface area (Å²) >= 11 is 12.3. The zero-order valence-electron chi connectivity index (χ0n) is 18.7. The molecule has 0 atom stereocenters. The maximum atomic E-state index is 13.7. The summed E-state index contributed by atoms with van der Waals surface area (Å²) < 4.78 is 34.3. The Morgan fingerprint density at radius 3 is 2.23 bits per heavy atom. The highest BCUT2D eigenvalue weighted by molar-refractivity contribution is 7.92. The number of carbonyl (C=O) groups is 2. The van der Waals surface area contributed by atoms with E-state index in [1.807, 2.05) is 6.92 Å². The van der Waals surface area contributed by atoms with E-state index in [1.165, 1.54) is 48.2 Å². The van der Waals surface area contributed by atoms with E-state index in [-0.39, 0.29) is 26.2 Å². The molecular weight excluding hydrogens is 511 g/mol. The summed E-state index contributed by atoms with van der Waals surface area (Å²) in [6.45, 7) is 1.26. The molecule has 180 valence electrons. The highest BCUT2D eigenvalue weighted by Gasteiger charge is 2.29. The SMILES string of the molecule is COC(=O)c1cn(C(=O)CN(c2cc(Cl)cc(Cl)c2)S(=O)(=O)c2ccc(C)cc2)c2ccccc12. The van der Waals surface area contributed by atoms with Crippen LogP contribution in [0.25, 0.3) is 10.9 Å². The minimum absolute atomic E-state index is 0.000359. The van der Waals surface area contributed by atoms with Crippen LogP contribution in [-0.4, -0.2) is 38.5 Å². The lowest BCUT2D eigenvalue weighted by Crippen LogP contribution is -2.37. The van der Waals surface area contributed by atoms with E-state index in [4.69, 9.17) is 27.9 Å². The van der Waals surface area contributed by atoms with Crippen LogP contribution in [0.15, 0.2) is 77.8 Å². The summed E-state index contributed by atoms with van der Waals surface area (Å²) in [4.78, 5) is 25.8. The molecule has 0 saturated heterocycles. The van der Waals surface area contributed by atoms with Crippen LogP contribution in [0.4, 0.5) is 5.69 Å². The number of sulfonamides is 1. The number of ether oxygens (including phenoxy) is 1. The fourth-order valence-electron chi connectivity index (χ4n) is 3.69. The van der Waals surface area contributed by atoms with Crippen LogP contribution >= 0.6 is 23.2 Å². The van der Waals surface area contributed by atoms with Crippen molar-refractivity contribution in [2.45, 2.75) is 11.8 Å². The number of hydrogen-bond acceptors (Lipinski definition) is 5. The number of nitrogens with zero attached hydrogens (tertiary/aromatic N) is 2. The predicted octanol–water partition coefficient (Wildman–Crippen LogP) is 5.58. The van der Waals surface area contributed by atoms with Crippen LogP contribution in [0.3, 0.4) is 0 Å². The van der Waals surface area contributed by atoms with Gasteiger partial charge in [0.1, 0.15) is 6.54 Å². The topological polar surface area (TPSA) is 85.7 Å². The van der Waals surface area contributed by atoms with Crippen molar-refractivity contribution in [3.8, 4) is 0 Å². The van der Waals surface area contributed by atoms with Gasteiger partial charge in [-0.25, -0.2) is 13.2 Å². The summed E-state index contributed by atoms with van der Waals surface area (Å²) in [6.07, 6.45) is 1.35. The van der Waals surface area contributed by atoms with Crippen molar-refractivity contribution >= 4 is 61.7 Å². The van der Waals surface area contributed by atoms with E-state index in [1.54, 1.807) is 36.4 Å². The molecule has 35 heavy (non-hydrogen) atoms. The van der Waals surface area contributed by atoms with Gasteiger partial charge in [-0.15, -0.1) is 0 Å². The van der Waals surface area contributed by atoms with Gasteiger partial charge in [-0.1, -0.05) is 59.1 Å². The normalized spacial score (nSPS) is 11.4. The molecule has 4 rings (SSSR count). The third kappa shape index (κ3) is 4.91. The van der Waals surface area contributed by atoms with Crippen molar-refractivity contribution in [2.75, 3.05) is 18.0 Å². The Morgan fingerprint density at radius 1 is 0.971 bits per heavy atom. The van der Waals surface area contributed by atoms with Crippen LogP contribution in [-0.2, 0) is 14.8 Å². The van der Waals surface area contributed by atoms with Crippen molar-refractivity contribution in [3.63, 3.8) is 0 Å². The van der Waals surface area contributed by atoms with Crippen molar-refractivity contribution < 1.29 is 22.7 Å². The number of fused-ring (bicyclic) bond motifs is 1.